The molecular weight excluding hydrogens is 322 g/mol. The lowest BCUT2D eigenvalue weighted by atomic mass is 10.1. The molecule has 8 heteroatoms. The summed E-state index contributed by atoms with van der Waals surface area (Å²) in [5, 5.41) is 9.41. The Balaban J connectivity index is 1.83. The maximum Gasteiger partial charge on any atom is 0.354 e. The fraction of sp³-hybridized carbons (Fsp3) is 0.357. The molecule has 1 heterocycles. The van der Waals surface area contributed by atoms with Crippen molar-refractivity contribution in [3.63, 3.8) is 0 Å². The zero-order chi connectivity index (χ0) is 16.0. The van der Waals surface area contributed by atoms with E-state index in [2.05, 4.69) is 17.1 Å². The Morgan fingerprint density at radius 3 is 2.64 bits per heavy atom. The molecule has 0 fully saturated rings. The third-order valence-corrected chi connectivity index (χ3v) is 5.90. The molecule has 0 aliphatic carbocycles. The van der Waals surface area contributed by atoms with Gasteiger partial charge in [0, 0.05) is 18.1 Å². The molecule has 0 radical (unpaired) electrons. The average Bonchev–Trinajstić information content (AvgIpc) is 2.92. The van der Waals surface area contributed by atoms with Crippen molar-refractivity contribution in [1.29, 1.82) is 0 Å². The molecule has 0 bridgehead atoms. The SMILES string of the molecule is O=P(O)(O)C(O)CPn1cncc1CCCc1ccccc1. The Kier molecular flexibility index (Phi) is 6.30. The number of aliphatic hydroxyl groups excluding tert-OH is 1. The van der Waals surface area contributed by atoms with Gasteiger partial charge in [-0.2, -0.15) is 0 Å². The third-order valence-electron chi connectivity index (χ3n) is 3.29. The molecule has 3 N–H and O–H groups in total. The fourth-order valence-electron chi connectivity index (χ4n) is 2.07. The zero-order valence-electron chi connectivity index (χ0n) is 12.0. The summed E-state index contributed by atoms with van der Waals surface area (Å²) >= 11 is 0. The van der Waals surface area contributed by atoms with Crippen molar-refractivity contribution in [2.24, 2.45) is 0 Å². The average molecular weight is 342 g/mol. The molecule has 120 valence electrons. The van der Waals surface area contributed by atoms with Crippen LogP contribution in [0.4, 0.5) is 0 Å². The van der Waals surface area contributed by atoms with Gasteiger partial charge in [0.25, 0.3) is 0 Å². The van der Waals surface area contributed by atoms with E-state index >= 15 is 0 Å². The third kappa shape index (κ3) is 5.31. The highest BCUT2D eigenvalue weighted by Crippen LogP contribution is 2.42. The highest BCUT2D eigenvalue weighted by molar-refractivity contribution is 7.53. The largest absolute Gasteiger partial charge is 0.380 e. The van der Waals surface area contributed by atoms with Crippen LogP contribution in [0.3, 0.4) is 0 Å². The van der Waals surface area contributed by atoms with Crippen LogP contribution in [0, 0.1) is 0 Å². The van der Waals surface area contributed by atoms with Crippen molar-refractivity contribution in [1.82, 2.24) is 9.32 Å². The van der Waals surface area contributed by atoms with Crippen LogP contribution in [0.1, 0.15) is 17.7 Å². The highest BCUT2D eigenvalue weighted by Gasteiger charge is 2.25. The van der Waals surface area contributed by atoms with Crippen molar-refractivity contribution in [2.75, 3.05) is 6.16 Å². The second-order valence-corrected chi connectivity index (χ2v) is 8.01. The maximum absolute atomic E-state index is 10.9. The number of aliphatic hydroxyl groups is 1. The predicted molar refractivity (Wildman–Crippen MR) is 87.3 cm³/mol. The molecule has 0 saturated carbocycles. The second kappa shape index (κ2) is 8.00. The normalized spacial score (nSPS) is 13.8. The first-order valence-corrected chi connectivity index (χ1v) is 9.82. The van der Waals surface area contributed by atoms with E-state index in [0.29, 0.717) is 0 Å². The van der Waals surface area contributed by atoms with Gasteiger partial charge in [-0.1, -0.05) is 30.3 Å². The van der Waals surface area contributed by atoms with Crippen molar-refractivity contribution in [3.05, 3.63) is 54.1 Å². The first kappa shape index (κ1) is 17.3. The molecule has 0 aliphatic rings. The van der Waals surface area contributed by atoms with E-state index in [1.54, 1.807) is 12.5 Å². The molecule has 1 aromatic heterocycles. The van der Waals surface area contributed by atoms with Gasteiger partial charge in [0.05, 0.1) is 6.33 Å². The van der Waals surface area contributed by atoms with Crippen LogP contribution in [-0.2, 0) is 17.4 Å². The van der Waals surface area contributed by atoms with E-state index in [1.165, 1.54) is 5.56 Å². The monoisotopic (exact) mass is 342 g/mol. The summed E-state index contributed by atoms with van der Waals surface area (Å²) < 4.78 is 12.8. The number of imidazole rings is 1. The summed E-state index contributed by atoms with van der Waals surface area (Å²) in [6.07, 6.45) is 6.23. The smallest absolute Gasteiger partial charge is 0.354 e. The van der Waals surface area contributed by atoms with Crippen LogP contribution in [0.25, 0.3) is 0 Å². The molecule has 2 atom stereocenters. The summed E-state index contributed by atoms with van der Waals surface area (Å²) in [5.41, 5.74) is 2.31. The maximum atomic E-state index is 10.9. The van der Waals surface area contributed by atoms with Crippen LogP contribution < -0.4 is 0 Å². The van der Waals surface area contributed by atoms with Gasteiger partial charge >= 0.3 is 7.60 Å². The Labute approximate surface area is 131 Å². The molecule has 2 aromatic rings. The quantitative estimate of drug-likeness (QED) is 0.638. The highest BCUT2D eigenvalue weighted by atomic mass is 31.2. The zero-order valence-corrected chi connectivity index (χ0v) is 13.9. The molecule has 0 amide bonds. The second-order valence-electron chi connectivity index (χ2n) is 5.03. The molecule has 0 spiro atoms. The summed E-state index contributed by atoms with van der Waals surface area (Å²) in [6.45, 7) is 0. The van der Waals surface area contributed by atoms with Crippen LogP contribution >= 0.6 is 16.3 Å². The lowest BCUT2D eigenvalue weighted by Crippen LogP contribution is -2.10. The van der Waals surface area contributed by atoms with Gasteiger partial charge in [0.15, 0.2) is 5.85 Å². The van der Waals surface area contributed by atoms with Gasteiger partial charge in [-0.25, -0.2) is 4.98 Å². The topological polar surface area (TPSA) is 95.6 Å². The molecule has 2 unspecified atom stereocenters. The van der Waals surface area contributed by atoms with Crippen LogP contribution in [0.2, 0.25) is 0 Å². The summed E-state index contributed by atoms with van der Waals surface area (Å²) in [4.78, 5) is 21.9. The summed E-state index contributed by atoms with van der Waals surface area (Å²) in [5.74, 6) is -1.61. The van der Waals surface area contributed by atoms with Crippen molar-refractivity contribution in [3.8, 4) is 0 Å². The molecule has 2 rings (SSSR count). The first-order chi connectivity index (χ1) is 10.5. The van der Waals surface area contributed by atoms with Gasteiger partial charge in [-0.3, -0.25) is 4.57 Å². The molecule has 22 heavy (non-hydrogen) atoms. The van der Waals surface area contributed by atoms with Gasteiger partial charge in [-0.15, -0.1) is 0 Å². The van der Waals surface area contributed by atoms with Gasteiger partial charge in [0.2, 0.25) is 0 Å². The van der Waals surface area contributed by atoms with Crippen molar-refractivity contribution < 1.29 is 19.5 Å². The fourth-order valence-corrected chi connectivity index (χ4v) is 4.14. The number of aryl methyl sites for hydroxylation is 2. The minimum atomic E-state index is -4.42. The minimum Gasteiger partial charge on any atom is -0.380 e. The first-order valence-electron chi connectivity index (χ1n) is 6.99. The Bertz CT molecular complexity index is 627. The minimum absolute atomic E-state index is 0.0341. The molecule has 0 saturated heterocycles. The lowest BCUT2D eigenvalue weighted by molar-refractivity contribution is 0.220. The number of rotatable bonds is 8. The summed E-state index contributed by atoms with van der Waals surface area (Å²) in [6, 6.07) is 10.2. The van der Waals surface area contributed by atoms with E-state index in [-0.39, 0.29) is 14.9 Å². The standard InChI is InChI=1S/C14H20N2O4P2/c17-14(22(18,19)20)10-21-16-11-15-9-13(16)8-4-7-12-5-2-1-3-6-12/h1-3,5-6,9,11,14,17,21H,4,7-8,10H2,(H2,18,19,20). The van der Waals surface area contributed by atoms with Crippen LogP contribution in [-0.4, -0.2) is 36.2 Å². The number of aromatic nitrogens is 2. The number of nitrogens with zero attached hydrogens (tertiary/aromatic N) is 2. The Morgan fingerprint density at radius 2 is 1.95 bits per heavy atom. The van der Waals surface area contributed by atoms with Gasteiger partial charge < -0.3 is 19.2 Å². The van der Waals surface area contributed by atoms with Crippen molar-refractivity contribution >= 4 is 16.3 Å². The number of hydrogen-bond acceptors (Lipinski definition) is 3. The van der Waals surface area contributed by atoms with Gasteiger partial charge in [-0.05, 0) is 33.6 Å². The van der Waals surface area contributed by atoms with E-state index < -0.39 is 13.4 Å². The lowest BCUT2D eigenvalue weighted by Gasteiger charge is -2.13. The van der Waals surface area contributed by atoms with E-state index in [0.717, 1.165) is 25.0 Å². The predicted octanol–water partition coefficient (Wildman–Crippen LogP) is 2.00. The number of benzene rings is 1. The van der Waals surface area contributed by atoms with Crippen LogP contribution in [0.15, 0.2) is 42.9 Å². The van der Waals surface area contributed by atoms with E-state index in [4.69, 9.17) is 9.79 Å². The van der Waals surface area contributed by atoms with Crippen LogP contribution in [0.5, 0.6) is 0 Å². The molecular formula is C14H20N2O4P2. The van der Waals surface area contributed by atoms with Gasteiger partial charge in [0.1, 0.15) is 0 Å². The molecule has 6 nitrogen and oxygen atoms in total. The molecule has 0 aliphatic heterocycles. The Morgan fingerprint density at radius 1 is 1.23 bits per heavy atom. The van der Waals surface area contributed by atoms with Crippen molar-refractivity contribution in [2.45, 2.75) is 25.1 Å². The van der Waals surface area contributed by atoms with E-state index in [9.17, 15) is 9.67 Å². The Hall–Kier alpha value is -1.03. The summed E-state index contributed by atoms with van der Waals surface area (Å²) in [7, 11) is -4.35. The van der Waals surface area contributed by atoms with E-state index in [1.807, 2.05) is 22.5 Å². The number of hydrogen-bond donors (Lipinski definition) is 3. The molecule has 1 aromatic carbocycles.